The van der Waals surface area contributed by atoms with Gasteiger partial charge in [-0.1, -0.05) is 24.3 Å². The van der Waals surface area contributed by atoms with E-state index in [2.05, 4.69) is 15.6 Å². The van der Waals surface area contributed by atoms with Crippen LogP contribution in [-0.2, 0) is 9.59 Å². The number of nitrogens with two attached hydrogens (primary N) is 1. The van der Waals surface area contributed by atoms with Crippen LogP contribution in [0.1, 0.15) is 50.4 Å². The Morgan fingerprint density at radius 3 is 2.54 bits per heavy atom. The molecule has 41 heavy (non-hydrogen) atoms. The van der Waals surface area contributed by atoms with Gasteiger partial charge in [-0.15, -0.1) is 0 Å². The molecule has 2 atom stereocenters. The van der Waals surface area contributed by atoms with Gasteiger partial charge in [-0.05, 0) is 74.2 Å². The van der Waals surface area contributed by atoms with E-state index < -0.39 is 36.2 Å². The lowest BCUT2D eigenvalue weighted by Gasteiger charge is -2.25. The van der Waals surface area contributed by atoms with Crippen LogP contribution < -0.4 is 25.8 Å². The molecule has 3 aromatic carbocycles. The molecule has 10 heteroatoms. The first kappa shape index (κ1) is 29.1. The first-order valence-corrected chi connectivity index (χ1v) is 13.3. The Morgan fingerprint density at radius 2 is 1.83 bits per heavy atom. The minimum absolute atomic E-state index is 0.0753. The number of benzene rings is 3. The summed E-state index contributed by atoms with van der Waals surface area (Å²) in [5.74, 6) is -1.00. The number of halogens is 1. The van der Waals surface area contributed by atoms with Gasteiger partial charge >= 0.3 is 5.97 Å². The predicted octanol–water partition coefficient (Wildman–Crippen LogP) is 5.63. The fourth-order valence-corrected chi connectivity index (χ4v) is 4.51. The molecular formula is C31H33FN4O5. The zero-order valence-corrected chi connectivity index (χ0v) is 23.1. The van der Waals surface area contributed by atoms with Crippen molar-refractivity contribution in [1.29, 1.82) is 0 Å². The number of nitrogen functional groups attached to an aromatic ring is 1. The SMILES string of the molecule is CCOc1cc([C@@H](Nc2ccc3c(N)nccc3c2)C(=O)NC(CC(=O)O)c2ccccc2F)ccc1OC(C)C. The number of carbonyl (C=O) groups is 2. The quantitative estimate of drug-likeness (QED) is 0.175. The van der Waals surface area contributed by atoms with Gasteiger partial charge in [0.1, 0.15) is 17.7 Å². The summed E-state index contributed by atoms with van der Waals surface area (Å²) in [6.45, 7) is 6.01. The number of carbonyl (C=O) groups excluding carboxylic acids is 1. The maximum absolute atomic E-state index is 14.7. The van der Waals surface area contributed by atoms with Gasteiger partial charge < -0.3 is 30.9 Å². The Labute approximate surface area is 237 Å². The highest BCUT2D eigenvalue weighted by Crippen LogP contribution is 2.34. The molecule has 0 aliphatic heterocycles. The second kappa shape index (κ2) is 13.0. The van der Waals surface area contributed by atoms with Crippen LogP contribution in [0.15, 0.2) is 72.9 Å². The van der Waals surface area contributed by atoms with Gasteiger partial charge in [-0.25, -0.2) is 9.37 Å². The van der Waals surface area contributed by atoms with E-state index in [1.807, 2.05) is 26.8 Å². The summed E-state index contributed by atoms with van der Waals surface area (Å²) in [6, 6.07) is 16.0. The van der Waals surface area contributed by atoms with E-state index in [4.69, 9.17) is 15.2 Å². The van der Waals surface area contributed by atoms with Gasteiger partial charge in [0.15, 0.2) is 11.5 Å². The molecule has 0 saturated carbocycles. The number of amides is 1. The van der Waals surface area contributed by atoms with E-state index in [0.29, 0.717) is 35.2 Å². The van der Waals surface area contributed by atoms with Crippen molar-refractivity contribution in [3.8, 4) is 11.5 Å². The second-order valence-corrected chi connectivity index (χ2v) is 9.70. The molecule has 214 valence electrons. The zero-order valence-electron chi connectivity index (χ0n) is 23.1. The standard InChI is InChI=1S/C31H33FN4O5/c1-4-40-27-16-20(9-12-26(27)41-18(2)3)29(35-21-10-11-22-19(15-21)13-14-34-30(22)33)31(39)36-25(17-28(37)38)23-7-5-6-8-24(23)32/h5-16,18,25,29,35H,4,17H2,1-3H3,(H2,33,34)(H,36,39)(H,37,38)/t25?,29-/m1/s1. The van der Waals surface area contributed by atoms with E-state index in [1.165, 1.54) is 18.2 Å². The van der Waals surface area contributed by atoms with Crippen LogP contribution in [-0.4, -0.2) is 34.7 Å². The molecule has 9 nitrogen and oxygen atoms in total. The Hall–Kier alpha value is -4.86. The van der Waals surface area contributed by atoms with Crippen molar-refractivity contribution in [3.63, 3.8) is 0 Å². The number of aliphatic carboxylic acids is 1. The number of ether oxygens (including phenoxy) is 2. The second-order valence-electron chi connectivity index (χ2n) is 9.70. The fraction of sp³-hybridized carbons (Fsp3) is 0.258. The van der Waals surface area contributed by atoms with Crippen LogP contribution in [0.2, 0.25) is 0 Å². The van der Waals surface area contributed by atoms with Crippen LogP contribution in [0.4, 0.5) is 15.9 Å². The average Bonchev–Trinajstić information content (AvgIpc) is 2.92. The first-order valence-electron chi connectivity index (χ1n) is 13.3. The minimum atomic E-state index is -1.18. The number of pyridine rings is 1. The number of anilines is 2. The van der Waals surface area contributed by atoms with E-state index in [-0.39, 0.29) is 11.7 Å². The third kappa shape index (κ3) is 7.21. The third-order valence-electron chi connectivity index (χ3n) is 6.31. The number of hydrogen-bond donors (Lipinski definition) is 4. The highest BCUT2D eigenvalue weighted by molar-refractivity contribution is 5.94. The highest BCUT2D eigenvalue weighted by atomic mass is 19.1. The van der Waals surface area contributed by atoms with Crippen molar-refractivity contribution in [2.45, 2.75) is 45.4 Å². The van der Waals surface area contributed by atoms with Crippen molar-refractivity contribution in [1.82, 2.24) is 10.3 Å². The van der Waals surface area contributed by atoms with Gasteiger partial charge in [0.05, 0.1) is 25.2 Å². The Kier molecular flexibility index (Phi) is 9.23. The summed E-state index contributed by atoms with van der Waals surface area (Å²) >= 11 is 0. The molecule has 0 fully saturated rings. The molecule has 4 rings (SSSR count). The summed E-state index contributed by atoms with van der Waals surface area (Å²) < 4.78 is 26.4. The van der Waals surface area contributed by atoms with Gasteiger partial charge in [-0.3, -0.25) is 9.59 Å². The minimum Gasteiger partial charge on any atom is -0.490 e. The fourth-order valence-electron chi connectivity index (χ4n) is 4.51. The molecule has 0 bridgehead atoms. The van der Waals surface area contributed by atoms with Crippen molar-refractivity contribution in [2.24, 2.45) is 0 Å². The molecule has 0 aliphatic rings. The average molecular weight is 561 g/mol. The molecule has 1 heterocycles. The number of aromatic nitrogens is 1. The predicted molar refractivity (Wildman–Crippen MR) is 155 cm³/mol. The van der Waals surface area contributed by atoms with Crippen LogP contribution >= 0.6 is 0 Å². The number of rotatable bonds is 12. The van der Waals surface area contributed by atoms with Crippen LogP contribution in [0.5, 0.6) is 11.5 Å². The third-order valence-corrected chi connectivity index (χ3v) is 6.31. The lowest BCUT2D eigenvalue weighted by Crippen LogP contribution is -2.37. The van der Waals surface area contributed by atoms with Gasteiger partial charge in [0.2, 0.25) is 5.91 Å². The number of nitrogens with one attached hydrogen (secondary N) is 2. The van der Waals surface area contributed by atoms with Gasteiger partial charge in [0, 0.05) is 22.8 Å². The lowest BCUT2D eigenvalue weighted by molar-refractivity contribution is -0.137. The number of fused-ring (bicyclic) bond motifs is 1. The molecule has 0 radical (unpaired) electrons. The number of nitrogens with zero attached hydrogens (tertiary/aromatic N) is 1. The molecule has 0 spiro atoms. The Bertz CT molecular complexity index is 1540. The molecule has 4 aromatic rings. The van der Waals surface area contributed by atoms with E-state index in [0.717, 1.165) is 10.8 Å². The summed E-state index contributed by atoms with van der Waals surface area (Å²) in [6.07, 6.45) is 0.986. The molecule has 0 aliphatic carbocycles. The largest absolute Gasteiger partial charge is 0.490 e. The zero-order chi connectivity index (χ0) is 29.5. The topological polar surface area (TPSA) is 136 Å². The number of carboxylic acid groups (broad SMARTS) is 1. The molecule has 0 saturated heterocycles. The maximum atomic E-state index is 14.7. The molecule has 1 unspecified atom stereocenters. The molecule has 1 amide bonds. The number of carboxylic acids is 1. The van der Waals surface area contributed by atoms with Gasteiger partial charge in [0.25, 0.3) is 0 Å². The van der Waals surface area contributed by atoms with E-state index >= 15 is 0 Å². The van der Waals surface area contributed by atoms with Crippen LogP contribution in [0.3, 0.4) is 0 Å². The molecule has 5 N–H and O–H groups in total. The first-order chi connectivity index (χ1) is 19.7. The van der Waals surface area contributed by atoms with Crippen molar-refractivity contribution < 1.29 is 28.6 Å². The summed E-state index contributed by atoms with van der Waals surface area (Å²) in [7, 11) is 0. The van der Waals surface area contributed by atoms with Crippen LogP contribution in [0, 0.1) is 5.82 Å². The lowest BCUT2D eigenvalue weighted by atomic mass is 10.00. The summed E-state index contributed by atoms with van der Waals surface area (Å²) in [4.78, 5) is 29.7. The Morgan fingerprint density at radius 1 is 1.05 bits per heavy atom. The molecule has 1 aromatic heterocycles. The number of hydrogen-bond acceptors (Lipinski definition) is 7. The van der Waals surface area contributed by atoms with Crippen molar-refractivity contribution in [2.75, 3.05) is 17.7 Å². The normalized spacial score (nSPS) is 12.5. The summed E-state index contributed by atoms with van der Waals surface area (Å²) in [5.41, 5.74) is 7.21. The maximum Gasteiger partial charge on any atom is 0.305 e. The van der Waals surface area contributed by atoms with E-state index in [9.17, 15) is 19.1 Å². The molecular weight excluding hydrogens is 527 g/mol. The highest BCUT2D eigenvalue weighted by Gasteiger charge is 2.28. The van der Waals surface area contributed by atoms with Crippen molar-refractivity contribution in [3.05, 3.63) is 89.9 Å². The van der Waals surface area contributed by atoms with E-state index in [1.54, 1.807) is 48.7 Å². The van der Waals surface area contributed by atoms with Crippen LogP contribution in [0.25, 0.3) is 10.8 Å². The Balaban J connectivity index is 1.75. The van der Waals surface area contributed by atoms with Crippen molar-refractivity contribution >= 4 is 34.2 Å². The summed E-state index contributed by atoms with van der Waals surface area (Å²) in [5, 5.41) is 17.1. The monoisotopic (exact) mass is 560 g/mol. The van der Waals surface area contributed by atoms with Gasteiger partial charge in [-0.2, -0.15) is 0 Å². The smallest absolute Gasteiger partial charge is 0.305 e.